The second kappa shape index (κ2) is 4.69. The van der Waals surface area contributed by atoms with Crippen LogP contribution >= 0.6 is 0 Å². The fourth-order valence-electron chi connectivity index (χ4n) is 0.771. The van der Waals surface area contributed by atoms with Crippen LogP contribution in [0.3, 0.4) is 0 Å². The molecule has 0 heterocycles. The van der Waals surface area contributed by atoms with Gasteiger partial charge in [-0.3, -0.25) is 0 Å². The minimum atomic E-state index is -3.01. The lowest BCUT2D eigenvalue weighted by Crippen LogP contribution is -2.04. The van der Waals surface area contributed by atoms with Gasteiger partial charge in [0.2, 0.25) is 0 Å². The van der Waals surface area contributed by atoms with Gasteiger partial charge in [-0.05, 0) is 18.2 Å². The third-order valence-electron chi connectivity index (χ3n) is 1.19. The zero-order valence-electron chi connectivity index (χ0n) is 6.72. The van der Waals surface area contributed by atoms with Crippen molar-refractivity contribution < 1.29 is 27.0 Å². The fraction of sp³-hybridized carbons (Fsp3) is 0.250. The molecule has 0 saturated carbocycles. The summed E-state index contributed by atoms with van der Waals surface area (Å²) in [5, 5.41) is 0. The summed E-state index contributed by atoms with van der Waals surface area (Å²) < 4.78 is 54.7. The standard InChI is InChI=1S/C8H5F4O2/c9-7(10)13-5-2-1-3-6(4-5)14-8(11)12/h2-4,7-8H. The van der Waals surface area contributed by atoms with E-state index in [-0.39, 0.29) is 11.5 Å². The van der Waals surface area contributed by atoms with Crippen LogP contribution in [0.25, 0.3) is 0 Å². The number of hydrogen-bond donors (Lipinski definition) is 0. The molecule has 0 unspecified atom stereocenters. The van der Waals surface area contributed by atoms with Crippen LogP contribution in [0.5, 0.6) is 11.5 Å². The summed E-state index contributed by atoms with van der Waals surface area (Å²) in [6.45, 7) is -6.02. The summed E-state index contributed by atoms with van der Waals surface area (Å²) in [7, 11) is 0. The summed E-state index contributed by atoms with van der Waals surface area (Å²) >= 11 is 0. The smallest absolute Gasteiger partial charge is 0.387 e. The maximum absolute atomic E-state index is 11.7. The molecular formula is C8H5F4O2. The first kappa shape index (κ1) is 10.6. The van der Waals surface area contributed by atoms with Crippen LogP contribution in [-0.2, 0) is 0 Å². The van der Waals surface area contributed by atoms with Gasteiger partial charge in [0.1, 0.15) is 11.5 Å². The molecule has 6 heteroatoms. The van der Waals surface area contributed by atoms with Crippen molar-refractivity contribution in [1.29, 1.82) is 0 Å². The minimum Gasteiger partial charge on any atom is -0.435 e. The summed E-state index contributed by atoms with van der Waals surface area (Å²) in [5.41, 5.74) is 0. The van der Waals surface area contributed by atoms with E-state index in [1.54, 1.807) is 0 Å². The Morgan fingerprint density at radius 3 is 1.71 bits per heavy atom. The van der Waals surface area contributed by atoms with Gasteiger partial charge < -0.3 is 9.47 Å². The Bertz CT molecular complexity index is 265. The topological polar surface area (TPSA) is 18.5 Å². The highest BCUT2D eigenvalue weighted by Crippen LogP contribution is 2.21. The maximum Gasteiger partial charge on any atom is 0.387 e. The molecule has 1 aromatic rings. The van der Waals surface area contributed by atoms with Crippen molar-refractivity contribution in [2.45, 2.75) is 13.2 Å². The molecule has 0 N–H and O–H groups in total. The molecule has 0 spiro atoms. The molecule has 1 radical (unpaired) electrons. The van der Waals surface area contributed by atoms with Crippen LogP contribution in [0.2, 0.25) is 0 Å². The average Bonchev–Trinajstić information content (AvgIpc) is 2.01. The Kier molecular flexibility index (Phi) is 3.55. The lowest BCUT2D eigenvalue weighted by molar-refractivity contribution is -0.0542. The van der Waals surface area contributed by atoms with Crippen molar-refractivity contribution in [2.24, 2.45) is 0 Å². The van der Waals surface area contributed by atoms with Crippen molar-refractivity contribution in [2.75, 3.05) is 0 Å². The van der Waals surface area contributed by atoms with E-state index >= 15 is 0 Å². The van der Waals surface area contributed by atoms with E-state index in [1.807, 2.05) is 0 Å². The molecule has 1 aromatic carbocycles. The third-order valence-corrected chi connectivity index (χ3v) is 1.19. The largest absolute Gasteiger partial charge is 0.435 e. The van der Waals surface area contributed by atoms with Gasteiger partial charge in [-0.15, -0.1) is 0 Å². The quantitative estimate of drug-likeness (QED) is 0.709. The second-order valence-electron chi connectivity index (χ2n) is 2.16. The molecule has 0 amide bonds. The highest BCUT2D eigenvalue weighted by Gasteiger charge is 2.07. The van der Waals surface area contributed by atoms with E-state index in [1.165, 1.54) is 0 Å². The number of benzene rings is 1. The predicted octanol–water partition coefficient (Wildman–Crippen LogP) is 2.69. The van der Waals surface area contributed by atoms with E-state index < -0.39 is 13.2 Å². The van der Waals surface area contributed by atoms with E-state index in [4.69, 9.17) is 0 Å². The number of ether oxygens (including phenoxy) is 2. The van der Waals surface area contributed by atoms with Crippen LogP contribution in [0.15, 0.2) is 18.2 Å². The Hall–Kier alpha value is -1.46. The average molecular weight is 209 g/mol. The number of alkyl halides is 4. The van der Waals surface area contributed by atoms with Gasteiger partial charge in [-0.25, -0.2) is 0 Å². The van der Waals surface area contributed by atoms with Gasteiger partial charge in [0, 0.05) is 6.07 Å². The minimum absolute atomic E-state index is 0.279. The molecular weight excluding hydrogens is 204 g/mol. The molecule has 2 nitrogen and oxygen atoms in total. The van der Waals surface area contributed by atoms with E-state index in [0.29, 0.717) is 0 Å². The summed E-state index contributed by atoms with van der Waals surface area (Å²) in [4.78, 5) is 0. The van der Waals surface area contributed by atoms with Crippen LogP contribution in [0.4, 0.5) is 17.6 Å². The Morgan fingerprint density at radius 2 is 1.36 bits per heavy atom. The normalized spacial score (nSPS) is 10.7. The first-order valence-corrected chi connectivity index (χ1v) is 3.48. The predicted molar refractivity (Wildman–Crippen MR) is 38.5 cm³/mol. The lowest BCUT2D eigenvalue weighted by Gasteiger charge is -2.07. The van der Waals surface area contributed by atoms with Crippen LogP contribution in [0.1, 0.15) is 0 Å². The van der Waals surface area contributed by atoms with Crippen molar-refractivity contribution >= 4 is 0 Å². The molecule has 0 aliphatic carbocycles. The Balaban J connectivity index is 2.68. The van der Waals surface area contributed by atoms with Gasteiger partial charge in [0.15, 0.2) is 0 Å². The molecule has 0 aliphatic heterocycles. The maximum atomic E-state index is 11.7. The highest BCUT2D eigenvalue weighted by molar-refractivity contribution is 5.32. The first-order chi connectivity index (χ1) is 6.58. The van der Waals surface area contributed by atoms with Gasteiger partial charge >= 0.3 is 13.2 Å². The van der Waals surface area contributed by atoms with Gasteiger partial charge in [0.05, 0.1) is 0 Å². The Labute approximate surface area is 77.1 Å². The summed E-state index contributed by atoms with van der Waals surface area (Å²) in [5.74, 6) is -0.559. The van der Waals surface area contributed by atoms with Crippen LogP contribution in [0, 0.1) is 6.07 Å². The van der Waals surface area contributed by atoms with Crippen molar-refractivity contribution in [3.05, 3.63) is 24.3 Å². The number of hydrogen-bond acceptors (Lipinski definition) is 2. The van der Waals surface area contributed by atoms with Crippen molar-refractivity contribution in [1.82, 2.24) is 0 Å². The first-order valence-electron chi connectivity index (χ1n) is 3.48. The fourth-order valence-corrected chi connectivity index (χ4v) is 0.771. The summed E-state index contributed by atoms with van der Waals surface area (Å²) in [6, 6.07) is 5.42. The zero-order chi connectivity index (χ0) is 10.6. The second-order valence-corrected chi connectivity index (χ2v) is 2.16. The van der Waals surface area contributed by atoms with E-state index in [2.05, 4.69) is 15.5 Å². The zero-order valence-corrected chi connectivity index (χ0v) is 6.72. The molecule has 0 saturated heterocycles. The van der Waals surface area contributed by atoms with E-state index in [9.17, 15) is 17.6 Å². The van der Waals surface area contributed by atoms with Gasteiger partial charge in [-0.2, -0.15) is 17.6 Å². The molecule has 14 heavy (non-hydrogen) atoms. The van der Waals surface area contributed by atoms with Gasteiger partial charge in [-0.1, -0.05) is 0 Å². The van der Waals surface area contributed by atoms with Crippen LogP contribution in [-0.4, -0.2) is 13.2 Å². The lowest BCUT2D eigenvalue weighted by atomic mass is 10.3. The Morgan fingerprint density at radius 1 is 0.929 bits per heavy atom. The number of rotatable bonds is 4. The molecule has 0 bridgehead atoms. The third kappa shape index (κ3) is 3.51. The van der Waals surface area contributed by atoms with Gasteiger partial charge in [0.25, 0.3) is 0 Å². The highest BCUT2D eigenvalue weighted by atomic mass is 19.3. The van der Waals surface area contributed by atoms with Crippen LogP contribution < -0.4 is 9.47 Å². The molecule has 0 atom stereocenters. The monoisotopic (exact) mass is 209 g/mol. The number of halogens is 4. The molecule has 0 fully saturated rings. The van der Waals surface area contributed by atoms with Crippen molar-refractivity contribution in [3.8, 4) is 11.5 Å². The molecule has 0 aliphatic rings. The van der Waals surface area contributed by atoms with E-state index in [0.717, 1.165) is 18.2 Å². The molecule has 0 aromatic heterocycles. The summed E-state index contributed by atoms with van der Waals surface area (Å²) in [6.07, 6.45) is 0. The molecule has 1 rings (SSSR count). The van der Waals surface area contributed by atoms with Crippen molar-refractivity contribution in [3.63, 3.8) is 0 Å². The molecule has 77 valence electrons. The SMILES string of the molecule is FC(F)Oc1c[c]cc(OC(F)F)c1.